The molecular formula is C32H38F3N3O. The van der Waals surface area contributed by atoms with E-state index in [0.29, 0.717) is 31.9 Å². The molecule has 2 saturated heterocycles. The summed E-state index contributed by atoms with van der Waals surface area (Å²) in [5, 5.41) is 0. The standard InChI is InChI=1S/C32H38F3N3O/c1-24-23-31(13-16-36(17-14-31)15-7-10-26-8-4-3-5-9-26)29(25(24)2)30(39)38-20-18-37(19-21-38)28-12-6-11-27(22-28)32(33,34)35/h3-6,8-9,11-12,22H,1,7,10,13-21,23H2,2H3. The van der Waals surface area contributed by atoms with E-state index in [1.807, 2.05) is 22.8 Å². The summed E-state index contributed by atoms with van der Waals surface area (Å²) in [7, 11) is 0. The monoisotopic (exact) mass is 537 g/mol. The molecule has 4 nitrogen and oxygen atoms in total. The molecule has 0 radical (unpaired) electrons. The molecule has 1 amide bonds. The minimum atomic E-state index is -4.37. The van der Waals surface area contributed by atoms with Crippen LogP contribution in [0.3, 0.4) is 0 Å². The zero-order chi connectivity index (χ0) is 27.6. The lowest BCUT2D eigenvalue weighted by atomic mass is 9.72. The summed E-state index contributed by atoms with van der Waals surface area (Å²) in [5.74, 6) is 0.0902. The van der Waals surface area contributed by atoms with Crippen LogP contribution in [0.15, 0.2) is 77.9 Å². The third-order valence-corrected chi connectivity index (χ3v) is 8.90. The van der Waals surface area contributed by atoms with Gasteiger partial charge in [0.25, 0.3) is 5.91 Å². The molecule has 39 heavy (non-hydrogen) atoms. The van der Waals surface area contributed by atoms with E-state index in [4.69, 9.17) is 0 Å². The summed E-state index contributed by atoms with van der Waals surface area (Å²) in [5.41, 5.74) is 4.18. The molecule has 2 aliphatic heterocycles. The molecule has 1 spiro atoms. The minimum Gasteiger partial charge on any atom is -0.368 e. The third-order valence-electron chi connectivity index (χ3n) is 8.90. The summed E-state index contributed by atoms with van der Waals surface area (Å²) in [6, 6.07) is 16.0. The zero-order valence-electron chi connectivity index (χ0n) is 22.8. The molecule has 7 heteroatoms. The number of hydrogen-bond donors (Lipinski definition) is 0. The van der Waals surface area contributed by atoms with E-state index in [0.717, 1.165) is 74.5 Å². The Kier molecular flexibility index (Phi) is 7.90. The van der Waals surface area contributed by atoms with Crippen molar-refractivity contribution in [2.24, 2.45) is 5.41 Å². The van der Waals surface area contributed by atoms with Crippen molar-refractivity contribution in [3.63, 3.8) is 0 Å². The molecule has 2 heterocycles. The Morgan fingerprint density at radius 1 is 0.949 bits per heavy atom. The van der Waals surface area contributed by atoms with Gasteiger partial charge in [-0.15, -0.1) is 0 Å². The van der Waals surface area contributed by atoms with E-state index in [9.17, 15) is 18.0 Å². The molecule has 0 atom stereocenters. The predicted molar refractivity (Wildman–Crippen MR) is 150 cm³/mol. The number of rotatable bonds is 6. The Bertz CT molecular complexity index is 1220. The Labute approximate surface area is 229 Å². The van der Waals surface area contributed by atoms with Crippen LogP contribution in [-0.2, 0) is 17.4 Å². The number of piperidine rings is 1. The molecule has 3 aliphatic rings. The number of hydrogen-bond acceptors (Lipinski definition) is 3. The van der Waals surface area contributed by atoms with Gasteiger partial charge in [0.05, 0.1) is 5.56 Å². The van der Waals surface area contributed by atoms with Gasteiger partial charge in [-0.3, -0.25) is 4.79 Å². The molecular weight excluding hydrogens is 499 g/mol. The van der Waals surface area contributed by atoms with Gasteiger partial charge in [-0.05, 0) is 88.0 Å². The van der Waals surface area contributed by atoms with Gasteiger partial charge in [-0.2, -0.15) is 13.2 Å². The smallest absolute Gasteiger partial charge is 0.368 e. The lowest BCUT2D eigenvalue weighted by Gasteiger charge is -2.43. The van der Waals surface area contributed by atoms with E-state index in [1.165, 1.54) is 17.7 Å². The summed E-state index contributed by atoms with van der Waals surface area (Å²) < 4.78 is 39.6. The van der Waals surface area contributed by atoms with Crippen molar-refractivity contribution in [1.82, 2.24) is 9.80 Å². The number of likely N-dealkylation sites (tertiary alicyclic amines) is 1. The SMILES string of the molecule is C=C1CC2(CCN(CCCc3ccccc3)CC2)C(C(=O)N2CCN(c3cccc(C(F)(F)F)c3)CC2)=C1C. The fraction of sp³-hybridized carbons (Fsp3) is 0.469. The first-order valence-corrected chi connectivity index (χ1v) is 14.0. The van der Waals surface area contributed by atoms with Gasteiger partial charge in [0, 0.05) is 42.9 Å². The van der Waals surface area contributed by atoms with Gasteiger partial charge in [0.2, 0.25) is 0 Å². The van der Waals surface area contributed by atoms with Crippen LogP contribution in [-0.4, -0.2) is 61.5 Å². The third kappa shape index (κ3) is 5.93. The number of benzene rings is 2. The van der Waals surface area contributed by atoms with Crippen molar-refractivity contribution < 1.29 is 18.0 Å². The number of carbonyl (C=O) groups is 1. The molecule has 0 bridgehead atoms. The molecule has 0 N–H and O–H groups in total. The lowest BCUT2D eigenvalue weighted by Crippen LogP contribution is -2.51. The number of alkyl halides is 3. The van der Waals surface area contributed by atoms with Gasteiger partial charge in [-0.25, -0.2) is 0 Å². The highest BCUT2D eigenvalue weighted by molar-refractivity contribution is 5.97. The van der Waals surface area contributed by atoms with E-state index in [-0.39, 0.29) is 11.3 Å². The molecule has 2 aromatic carbocycles. The van der Waals surface area contributed by atoms with Gasteiger partial charge in [0.15, 0.2) is 0 Å². The first-order valence-electron chi connectivity index (χ1n) is 14.0. The van der Waals surface area contributed by atoms with Crippen molar-refractivity contribution in [2.75, 3.05) is 50.7 Å². The van der Waals surface area contributed by atoms with Crippen molar-refractivity contribution >= 4 is 11.6 Å². The summed E-state index contributed by atoms with van der Waals surface area (Å²) in [6.07, 6.45) is 0.603. The molecule has 5 rings (SSSR count). The molecule has 2 aromatic rings. The number of anilines is 1. The molecule has 0 saturated carbocycles. The van der Waals surface area contributed by atoms with Crippen LogP contribution in [0.25, 0.3) is 0 Å². The minimum absolute atomic E-state index is 0.0902. The predicted octanol–water partition coefficient (Wildman–Crippen LogP) is 6.35. The molecule has 0 unspecified atom stereocenters. The van der Waals surface area contributed by atoms with E-state index in [1.54, 1.807) is 6.07 Å². The van der Waals surface area contributed by atoms with Crippen molar-refractivity contribution in [1.29, 1.82) is 0 Å². The van der Waals surface area contributed by atoms with E-state index < -0.39 is 11.7 Å². The number of amides is 1. The summed E-state index contributed by atoms with van der Waals surface area (Å²) in [4.78, 5) is 20.3. The van der Waals surface area contributed by atoms with Crippen LogP contribution in [0, 0.1) is 5.41 Å². The molecule has 2 fully saturated rings. The number of nitrogens with zero attached hydrogens (tertiary/aromatic N) is 3. The zero-order valence-corrected chi connectivity index (χ0v) is 22.8. The second kappa shape index (κ2) is 11.2. The topological polar surface area (TPSA) is 26.8 Å². The fourth-order valence-corrected chi connectivity index (χ4v) is 6.58. The van der Waals surface area contributed by atoms with Gasteiger partial charge in [0.1, 0.15) is 0 Å². The van der Waals surface area contributed by atoms with Gasteiger partial charge < -0.3 is 14.7 Å². The summed E-state index contributed by atoms with van der Waals surface area (Å²) >= 11 is 0. The fourth-order valence-electron chi connectivity index (χ4n) is 6.58. The summed E-state index contributed by atoms with van der Waals surface area (Å²) in [6.45, 7) is 11.4. The van der Waals surface area contributed by atoms with Crippen LogP contribution in [0.1, 0.15) is 43.7 Å². The maximum absolute atomic E-state index is 13.9. The van der Waals surface area contributed by atoms with Crippen molar-refractivity contribution in [3.8, 4) is 0 Å². The Morgan fingerprint density at radius 3 is 2.31 bits per heavy atom. The van der Waals surface area contributed by atoms with Crippen molar-refractivity contribution in [2.45, 2.75) is 45.2 Å². The van der Waals surface area contributed by atoms with Crippen molar-refractivity contribution in [3.05, 3.63) is 89.0 Å². The normalized spacial score (nSPS) is 20.3. The first kappa shape index (κ1) is 27.5. The number of allylic oxidation sites excluding steroid dienone is 2. The second-order valence-corrected chi connectivity index (χ2v) is 11.3. The largest absolute Gasteiger partial charge is 0.416 e. The maximum Gasteiger partial charge on any atom is 0.416 e. The van der Waals surface area contributed by atoms with E-state index in [2.05, 4.69) is 35.7 Å². The quantitative estimate of drug-likeness (QED) is 0.430. The maximum atomic E-state index is 13.9. The highest BCUT2D eigenvalue weighted by Crippen LogP contribution is 2.52. The van der Waals surface area contributed by atoms with Crippen LogP contribution in [0.2, 0.25) is 0 Å². The Balaban J connectivity index is 1.19. The molecule has 208 valence electrons. The lowest BCUT2D eigenvalue weighted by molar-refractivity contribution is -0.137. The number of aryl methyl sites for hydroxylation is 1. The van der Waals surface area contributed by atoms with Gasteiger partial charge in [-0.1, -0.05) is 48.6 Å². The van der Waals surface area contributed by atoms with Crippen LogP contribution in [0.4, 0.5) is 18.9 Å². The first-order chi connectivity index (χ1) is 18.7. The molecule has 0 aromatic heterocycles. The average Bonchev–Trinajstić information content (AvgIpc) is 3.18. The number of halogens is 3. The van der Waals surface area contributed by atoms with Crippen LogP contribution in [0.5, 0.6) is 0 Å². The Morgan fingerprint density at radius 2 is 1.64 bits per heavy atom. The second-order valence-electron chi connectivity index (χ2n) is 11.3. The van der Waals surface area contributed by atoms with Crippen LogP contribution < -0.4 is 4.90 Å². The van der Waals surface area contributed by atoms with E-state index >= 15 is 0 Å². The Hall–Kier alpha value is -3.06. The van der Waals surface area contributed by atoms with Crippen LogP contribution >= 0.6 is 0 Å². The number of piperazine rings is 1. The highest BCUT2D eigenvalue weighted by atomic mass is 19.4. The highest BCUT2D eigenvalue weighted by Gasteiger charge is 2.47. The average molecular weight is 538 g/mol. The van der Waals surface area contributed by atoms with Gasteiger partial charge >= 0.3 is 6.18 Å². The molecule has 1 aliphatic carbocycles. The number of carbonyl (C=O) groups excluding carboxylic acids is 1.